The molecule has 112 valence electrons. The fraction of sp³-hybridized carbons (Fsp3) is 0.750. The molecule has 2 fully saturated rings. The number of likely N-dealkylation sites (N-methyl/N-ethyl adjacent to an activating group) is 1. The summed E-state index contributed by atoms with van der Waals surface area (Å²) >= 11 is 0. The number of nitrogens with one attached hydrogen (secondary N) is 2. The van der Waals surface area contributed by atoms with Gasteiger partial charge < -0.3 is 4.90 Å². The number of hydrogen-bond acceptors (Lipinski definition) is 5. The molecule has 2 heterocycles. The van der Waals surface area contributed by atoms with Gasteiger partial charge in [-0.25, -0.2) is 13.8 Å². The van der Waals surface area contributed by atoms with Gasteiger partial charge in [0.2, 0.25) is 0 Å². The Hall–Kier alpha value is -0.960. The molecular formula is C12H21N5O2S. The maximum absolute atomic E-state index is 12.2. The number of aromatic nitrogens is 2. The van der Waals surface area contributed by atoms with Crippen LogP contribution in [0, 0.1) is 0 Å². The van der Waals surface area contributed by atoms with Gasteiger partial charge in [-0.05, 0) is 39.3 Å². The zero-order chi connectivity index (χ0) is 14.2. The fourth-order valence-corrected chi connectivity index (χ4v) is 3.37. The first kappa shape index (κ1) is 14.0. The van der Waals surface area contributed by atoms with Crippen molar-refractivity contribution < 1.29 is 8.42 Å². The van der Waals surface area contributed by atoms with E-state index in [9.17, 15) is 8.42 Å². The van der Waals surface area contributed by atoms with Crippen molar-refractivity contribution in [3.63, 3.8) is 0 Å². The second kappa shape index (κ2) is 5.44. The first-order valence-corrected chi connectivity index (χ1v) is 8.53. The average molecular weight is 299 g/mol. The van der Waals surface area contributed by atoms with Gasteiger partial charge in [0.1, 0.15) is 4.90 Å². The van der Waals surface area contributed by atoms with Gasteiger partial charge in [-0.3, -0.25) is 4.68 Å². The molecule has 3 rings (SSSR count). The minimum absolute atomic E-state index is 0.155. The van der Waals surface area contributed by atoms with Crippen LogP contribution in [0.25, 0.3) is 0 Å². The van der Waals surface area contributed by atoms with Gasteiger partial charge in [0.05, 0.1) is 12.2 Å². The first-order valence-electron chi connectivity index (χ1n) is 7.04. The monoisotopic (exact) mass is 299 g/mol. The third kappa shape index (κ3) is 3.20. The quantitative estimate of drug-likeness (QED) is 0.754. The van der Waals surface area contributed by atoms with Crippen LogP contribution in [0.4, 0.5) is 0 Å². The van der Waals surface area contributed by atoms with Crippen molar-refractivity contribution in [2.75, 3.05) is 20.1 Å². The molecule has 1 saturated carbocycles. The molecule has 1 aliphatic carbocycles. The van der Waals surface area contributed by atoms with E-state index in [-0.39, 0.29) is 10.9 Å². The second-order valence-corrected chi connectivity index (χ2v) is 7.42. The second-order valence-electron chi connectivity index (χ2n) is 5.74. The molecule has 20 heavy (non-hydrogen) atoms. The van der Waals surface area contributed by atoms with Crippen LogP contribution >= 0.6 is 0 Å². The smallest absolute Gasteiger partial charge is 0.256 e. The Morgan fingerprint density at radius 1 is 1.35 bits per heavy atom. The minimum Gasteiger partial charge on any atom is -0.305 e. The van der Waals surface area contributed by atoms with E-state index in [1.165, 1.54) is 6.20 Å². The van der Waals surface area contributed by atoms with E-state index < -0.39 is 10.0 Å². The summed E-state index contributed by atoms with van der Waals surface area (Å²) in [6.45, 7) is 1.92. The highest BCUT2D eigenvalue weighted by atomic mass is 32.2. The van der Waals surface area contributed by atoms with E-state index in [1.54, 1.807) is 10.9 Å². The number of rotatable bonds is 5. The molecule has 7 nitrogen and oxygen atoms in total. The van der Waals surface area contributed by atoms with Gasteiger partial charge in [0.25, 0.3) is 10.0 Å². The van der Waals surface area contributed by atoms with Crippen LogP contribution in [0.15, 0.2) is 17.3 Å². The molecule has 0 radical (unpaired) electrons. The zero-order valence-corrected chi connectivity index (χ0v) is 12.4. The van der Waals surface area contributed by atoms with Crippen molar-refractivity contribution in [1.29, 1.82) is 0 Å². The summed E-state index contributed by atoms with van der Waals surface area (Å²) < 4.78 is 26.1. The largest absolute Gasteiger partial charge is 0.305 e. The Morgan fingerprint density at radius 2 is 2.15 bits per heavy atom. The van der Waals surface area contributed by atoms with Crippen LogP contribution in [-0.2, 0) is 10.0 Å². The lowest BCUT2D eigenvalue weighted by molar-refractivity contribution is 0.223. The van der Waals surface area contributed by atoms with Crippen molar-refractivity contribution in [3.05, 3.63) is 12.4 Å². The highest BCUT2D eigenvalue weighted by Gasteiger charge is 2.27. The molecule has 8 heteroatoms. The third-order valence-electron chi connectivity index (χ3n) is 3.83. The normalized spacial score (nSPS) is 24.9. The molecule has 0 spiro atoms. The van der Waals surface area contributed by atoms with E-state index >= 15 is 0 Å². The molecule has 1 atom stereocenters. The van der Waals surface area contributed by atoms with Gasteiger partial charge >= 0.3 is 0 Å². The standard InChI is InChI=1S/C12H21N5O2S/c1-16-6-2-3-10(8-16)14-15-20(18,19)12-7-13-17(9-12)11-4-5-11/h7,9-11,14-15H,2-6,8H2,1H3/t10-/m1/s1. The van der Waals surface area contributed by atoms with Crippen molar-refractivity contribution in [2.45, 2.75) is 42.7 Å². The van der Waals surface area contributed by atoms with Crippen molar-refractivity contribution >= 4 is 10.0 Å². The van der Waals surface area contributed by atoms with Crippen LogP contribution in [0.5, 0.6) is 0 Å². The van der Waals surface area contributed by atoms with Crippen LogP contribution in [-0.4, -0.2) is 49.3 Å². The summed E-state index contributed by atoms with van der Waals surface area (Å²) in [5.74, 6) is 0. The number of piperidine rings is 1. The van der Waals surface area contributed by atoms with E-state index in [0.717, 1.165) is 38.8 Å². The Bertz CT molecular complexity index is 566. The Kier molecular flexibility index (Phi) is 3.80. The van der Waals surface area contributed by atoms with Gasteiger partial charge in [-0.2, -0.15) is 5.10 Å². The summed E-state index contributed by atoms with van der Waals surface area (Å²) in [7, 11) is -1.48. The highest BCUT2D eigenvalue weighted by Crippen LogP contribution is 2.34. The van der Waals surface area contributed by atoms with Crippen molar-refractivity contribution in [3.8, 4) is 0 Å². The van der Waals surface area contributed by atoms with Crippen LogP contribution in [0.2, 0.25) is 0 Å². The minimum atomic E-state index is -3.53. The van der Waals surface area contributed by atoms with E-state index in [2.05, 4.69) is 20.3 Å². The van der Waals surface area contributed by atoms with Crippen molar-refractivity contribution in [1.82, 2.24) is 24.9 Å². The lowest BCUT2D eigenvalue weighted by Gasteiger charge is -2.30. The highest BCUT2D eigenvalue weighted by molar-refractivity contribution is 7.89. The Morgan fingerprint density at radius 3 is 2.85 bits per heavy atom. The molecule has 0 amide bonds. The fourth-order valence-electron chi connectivity index (χ4n) is 2.50. The SMILES string of the molecule is CN1CCC[C@@H](NNS(=O)(=O)c2cnn(C3CC3)c2)C1. The zero-order valence-electron chi connectivity index (χ0n) is 11.6. The van der Waals surface area contributed by atoms with Gasteiger partial charge in [-0.15, -0.1) is 4.83 Å². The predicted octanol–water partition coefficient (Wildman–Crippen LogP) is 0.0951. The maximum Gasteiger partial charge on any atom is 0.256 e. The van der Waals surface area contributed by atoms with E-state index in [0.29, 0.717) is 6.04 Å². The number of sulfonamides is 1. The number of nitrogens with zero attached hydrogens (tertiary/aromatic N) is 3. The first-order chi connectivity index (χ1) is 9.54. The molecule has 1 saturated heterocycles. The van der Waals surface area contributed by atoms with E-state index in [4.69, 9.17) is 0 Å². The Labute approximate surface area is 119 Å². The van der Waals surface area contributed by atoms with Crippen LogP contribution in [0.1, 0.15) is 31.7 Å². The summed E-state index contributed by atoms with van der Waals surface area (Å²) in [5, 5.41) is 4.11. The molecule has 2 aliphatic rings. The Balaban J connectivity index is 1.59. The summed E-state index contributed by atoms with van der Waals surface area (Å²) in [5.41, 5.74) is 2.93. The van der Waals surface area contributed by atoms with Crippen molar-refractivity contribution in [2.24, 2.45) is 0 Å². The predicted molar refractivity (Wildman–Crippen MR) is 74.5 cm³/mol. The molecule has 1 aromatic rings. The summed E-state index contributed by atoms with van der Waals surface area (Å²) in [6, 6.07) is 0.543. The molecule has 2 N–H and O–H groups in total. The maximum atomic E-state index is 12.2. The van der Waals surface area contributed by atoms with Gasteiger partial charge in [-0.1, -0.05) is 0 Å². The molecule has 0 aromatic carbocycles. The molecule has 0 unspecified atom stereocenters. The van der Waals surface area contributed by atoms with Crippen LogP contribution < -0.4 is 10.3 Å². The molecule has 1 aliphatic heterocycles. The van der Waals surface area contributed by atoms with E-state index in [1.807, 2.05) is 7.05 Å². The number of hydrogen-bond donors (Lipinski definition) is 2. The lowest BCUT2D eigenvalue weighted by atomic mass is 10.1. The molecule has 1 aromatic heterocycles. The molecule has 0 bridgehead atoms. The van der Waals surface area contributed by atoms with Gasteiger partial charge in [0.15, 0.2) is 0 Å². The number of hydrazine groups is 1. The van der Waals surface area contributed by atoms with Gasteiger partial charge in [0, 0.05) is 18.8 Å². The third-order valence-corrected chi connectivity index (χ3v) is 5.05. The van der Waals surface area contributed by atoms with Crippen LogP contribution in [0.3, 0.4) is 0 Å². The topological polar surface area (TPSA) is 79.3 Å². The summed E-state index contributed by atoms with van der Waals surface area (Å²) in [4.78, 5) is 4.90. The lowest BCUT2D eigenvalue weighted by Crippen LogP contribution is -2.51. The average Bonchev–Trinajstić information content (AvgIpc) is 3.14. The summed E-state index contributed by atoms with van der Waals surface area (Å²) in [6.07, 6.45) is 7.25. The number of likely N-dealkylation sites (tertiary alicyclic amines) is 1. The molecular weight excluding hydrogens is 278 g/mol.